The van der Waals surface area contributed by atoms with E-state index in [4.69, 9.17) is 23.7 Å². The van der Waals surface area contributed by atoms with Gasteiger partial charge in [0.15, 0.2) is 0 Å². The quantitative estimate of drug-likeness (QED) is 0.202. The average molecular weight is 377 g/mol. The average Bonchev–Trinajstić information content (AvgIpc) is 2.39. The van der Waals surface area contributed by atoms with Crippen LogP contribution in [0.1, 0.15) is 27.2 Å². The van der Waals surface area contributed by atoms with Gasteiger partial charge >= 0.3 is 15.6 Å². The molecule has 0 rings (SSSR count). The second-order valence-corrected chi connectivity index (χ2v) is 8.22. The topological polar surface area (TPSA) is 144 Å². The zero-order valence-corrected chi connectivity index (χ0v) is 15.5. The molecule has 0 aromatic heterocycles. The van der Waals surface area contributed by atoms with Gasteiger partial charge < -0.3 is 19.5 Å². The van der Waals surface area contributed by atoms with Crippen LogP contribution in [0.25, 0.3) is 0 Å². The van der Waals surface area contributed by atoms with Crippen molar-refractivity contribution in [2.24, 2.45) is 11.8 Å². The van der Waals surface area contributed by atoms with Crippen LogP contribution in [0.5, 0.6) is 0 Å². The van der Waals surface area contributed by atoms with E-state index in [0.29, 0.717) is 12.3 Å². The second kappa shape index (κ2) is 10.9. The van der Waals surface area contributed by atoms with E-state index in [1.54, 1.807) is 14.9 Å². The number of nitrogens with one attached hydrogen (secondary N) is 1. The molecule has 0 saturated carbocycles. The van der Waals surface area contributed by atoms with Crippen molar-refractivity contribution < 1.29 is 42.2 Å². The van der Waals surface area contributed by atoms with Gasteiger partial charge in [-0.25, -0.2) is 9.13 Å². The van der Waals surface area contributed by atoms with Gasteiger partial charge in [-0.15, -0.1) is 0 Å². The summed E-state index contributed by atoms with van der Waals surface area (Å²) < 4.78 is 36.2. The Bertz CT molecular complexity index is 419. The molecule has 0 fully saturated rings. The van der Waals surface area contributed by atoms with Crippen molar-refractivity contribution in [2.75, 3.05) is 19.8 Å². The van der Waals surface area contributed by atoms with E-state index in [1.807, 2.05) is 13.8 Å². The molecule has 0 aliphatic rings. The molecule has 0 amide bonds. The standard InChI is InChI=1S/C10H26BNO9P2/c1-8(2)4-10(21-12-11)7-20-23(16,17)19-6-9(3)5-18-22(13,14)15/h8-10,12H,4-7,11H2,1-3H3,(H,16,17)(H2,13,14,15). The molecule has 0 saturated heterocycles. The predicted molar refractivity (Wildman–Crippen MR) is 84.9 cm³/mol. The van der Waals surface area contributed by atoms with Gasteiger partial charge in [0, 0.05) is 5.92 Å². The van der Waals surface area contributed by atoms with Crippen molar-refractivity contribution >= 4 is 23.6 Å². The van der Waals surface area contributed by atoms with Gasteiger partial charge in [-0.1, -0.05) is 20.8 Å². The molecule has 0 aromatic rings. The Kier molecular flexibility index (Phi) is 11.0. The third-order valence-corrected chi connectivity index (χ3v) is 3.93. The molecule has 4 N–H and O–H groups in total. The zero-order valence-electron chi connectivity index (χ0n) is 13.7. The summed E-state index contributed by atoms with van der Waals surface area (Å²) in [6.45, 7) is 4.79. The molecule has 0 radical (unpaired) electrons. The largest absolute Gasteiger partial charge is 0.472 e. The highest BCUT2D eigenvalue weighted by atomic mass is 31.2. The summed E-state index contributed by atoms with van der Waals surface area (Å²) in [5, 5.41) is 2.51. The first kappa shape index (κ1) is 23.2. The van der Waals surface area contributed by atoms with Gasteiger partial charge in [0.05, 0.1) is 19.8 Å². The minimum absolute atomic E-state index is 0.139. The maximum absolute atomic E-state index is 11.8. The minimum atomic E-state index is -4.57. The van der Waals surface area contributed by atoms with Gasteiger partial charge in [-0.2, -0.15) is 0 Å². The molecular formula is C10H26BNO9P2. The summed E-state index contributed by atoms with van der Waals surface area (Å²) in [4.78, 5) is 31.9. The van der Waals surface area contributed by atoms with Gasteiger partial charge in [0.2, 0.25) is 7.98 Å². The van der Waals surface area contributed by atoms with Crippen LogP contribution in [0.3, 0.4) is 0 Å². The molecule has 0 bridgehead atoms. The Morgan fingerprint density at radius 3 is 2.00 bits per heavy atom. The summed E-state index contributed by atoms with van der Waals surface area (Å²) in [5.74, 6) is -0.201. The highest BCUT2D eigenvalue weighted by Crippen LogP contribution is 2.44. The molecule has 13 heteroatoms. The van der Waals surface area contributed by atoms with Crippen LogP contribution in [-0.2, 0) is 27.5 Å². The Morgan fingerprint density at radius 2 is 1.52 bits per heavy atom. The van der Waals surface area contributed by atoms with E-state index >= 15 is 0 Å². The van der Waals surface area contributed by atoms with Crippen LogP contribution < -0.4 is 5.39 Å². The molecule has 10 nitrogen and oxygen atoms in total. The van der Waals surface area contributed by atoms with Gasteiger partial charge in [-0.3, -0.25) is 19.0 Å². The monoisotopic (exact) mass is 377 g/mol. The lowest BCUT2D eigenvalue weighted by Gasteiger charge is -2.21. The molecule has 0 aromatic carbocycles. The second-order valence-electron chi connectivity index (χ2n) is 5.53. The Labute approximate surface area is 137 Å². The molecule has 0 aliphatic heterocycles. The maximum Gasteiger partial charge on any atom is 0.472 e. The lowest BCUT2D eigenvalue weighted by atomic mass is 10.1. The van der Waals surface area contributed by atoms with Crippen LogP contribution in [0.4, 0.5) is 0 Å². The predicted octanol–water partition coefficient (Wildman–Crippen LogP) is 0.349. The van der Waals surface area contributed by atoms with Crippen molar-refractivity contribution in [3.63, 3.8) is 0 Å². The van der Waals surface area contributed by atoms with E-state index in [1.165, 1.54) is 0 Å². The van der Waals surface area contributed by atoms with Gasteiger partial charge in [-0.05, 0) is 12.3 Å². The third-order valence-electron chi connectivity index (χ3n) is 2.49. The fourth-order valence-corrected chi connectivity index (χ4v) is 2.87. The molecule has 138 valence electrons. The Hall–Kier alpha value is 0.205. The van der Waals surface area contributed by atoms with E-state index in [-0.39, 0.29) is 19.8 Å². The first-order chi connectivity index (χ1) is 10.4. The van der Waals surface area contributed by atoms with E-state index in [9.17, 15) is 14.0 Å². The van der Waals surface area contributed by atoms with E-state index < -0.39 is 27.7 Å². The van der Waals surface area contributed by atoms with Crippen LogP contribution in [-0.4, -0.2) is 48.6 Å². The maximum atomic E-state index is 11.8. The molecule has 23 heavy (non-hydrogen) atoms. The van der Waals surface area contributed by atoms with Crippen LogP contribution in [0.15, 0.2) is 0 Å². The number of phosphoric acid groups is 2. The molecule has 3 unspecified atom stereocenters. The fourth-order valence-electron chi connectivity index (χ4n) is 1.55. The van der Waals surface area contributed by atoms with Crippen molar-refractivity contribution in [1.82, 2.24) is 5.39 Å². The van der Waals surface area contributed by atoms with Crippen molar-refractivity contribution in [2.45, 2.75) is 33.3 Å². The lowest BCUT2D eigenvalue weighted by Crippen LogP contribution is -2.27. The first-order valence-electron chi connectivity index (χ1n) is 7.09. The number of hydrogen-bond acceptors (Lipinski definition) is 7. The smallest absolute Gasteiger partial charge is 0.308 e. The number of hydrogen-bond donors (Lipinski definition) is 4. The zero-order chi connectivity index (χ0) is 18.1. The van der Waals surface area contributed by atoms with E-state index in [0.717, 1.165) is 0 Å². The van der Waals surface area contributed by atoms with E-state index in [2.05, 4.69) is 9.91 Å². The molecule has 0 spiro atoms. The Morgan fingerprint density at radius 1 is 1.00 bits per heavy atom. The fraction of sp³-hybridized carbons (Fsp3) is 1.00. The summed E-state index contributed by atoms with van der Waals surface area (Å²) in [7, 11) is -7.29. The minimum Gasteiger partial charge on any atom is -0.308 e. The molecule has 0 heterocycles. The Balaban J connectivity index is 4.20. The van der Waals surface area contributed by atoms with Gasteiger partial charge in [0.25, 0.3) is 0 Å². The molecule has 0 aliphatic carbocycles. The third kappa shape index (κ3) is 14.3. The normalized spacial score (nSPS) is 17.9. The molecular weight excluding hydrogens is 351 g/mol. The SMILES string of the molecule is BNOC(COP(=O)(O)OCC(C)COP(=O)(O)O)CC(C)C. The number of rotatable bonds is 13. The first-order valence-corrected chi connectivity index (χ1v) is 10.1. The summed E-state index contributed by atoms with van der Waals surface area (Å²) in [6.07, 6.45) is 0.201. The highest BCUT2D eigenvalue weighted by molar-refractivity contribution is 7.47. The molecule has 3 atom stereocenters. The summed E-state index contributed by atoms with van der Waals surface area (Å²) in [6, 6.07) is 0. The van der Waals surface area contributed by atoms with Gasteiger partial charge in [0.1, 0.15) is 6.10 Å². The van der Waals surface area contributed by atoms with Crippen LogP contribution >= 0.6 is 15.6 Å². The van der Waals surface area contributed by atoms with Crippen molar-refractivity contribution in [1.29, 1.82) is 0 Å². The summed E-state index contributed by atoms with van der Waals surface area (Å²) >= 11 is 0. The summed E-state index contributed by atoms with van der Waals surface area (Å²) in [5.41, 5.74) is 0. The van der Waals surface area contributed by atoms with Crippen molar-refractivity contribution in [3.8, 4) is 0 Å². The van der Waals surface area contributed by atoms with Crippen LogP contribution in [0.2, 0.25) is 0 Å². The van der Waals surface area contributed by atoms with Crippen molar-refractivity contribution in [3.05, 3.63) is 0 Å². The number of phosphoric ester groups is 2. The van der Waals surface area contributed by atoms with Crippen LogP contribution in [0, 0.1) is 11.8 Å². The highest BCUT2D eigenvalue weighted by Gasteiger charge is 2.26. The lowest BCUT2D eigenvalue weighted by molar-refractivity contribution is -0.0285.